The van der Waals surface area contributed by atoms with Crippen molar-refractivity contribution in [1.29, 1.82) is 0 Å². The molecule has 1 amide bonds. The van der Waals surface area contributed by atoms with Crippen LogP contribution in [0.15, 0.2) is 17.1 Å². The van der Waals surface area contributed by atoms with Crippen LogP contribution >= 0.6 is 0 Å². The summed E-state index contributed by atoms with van der Waals surface area (Å²) in [7, 11) is 0. The Labute approximate surface area is 121 Å². The van der Waals surface area contributed by atoms with Crippen molar-refractivity contribution in [2.75, 3.05) is 0 Å². The molecule has 2 rings (SSSR count). The SMILES string of the molecule is Cc1cc(C(C)(C)C)cc(C)c1CC1=NC(C)C(=O)N1. The fourth-order valence-electron chi connectivity index (χ4n) is 2.53. The molecule has 0 radical (unpaired) electrons. The van der Waals surface area contributed by atoms with Crippen LogP contribution in [-0.2, 0) is 16.6 Å². The Balaban J connectivity index is 2.30. The molecule has 3 heteroatoms. The molecule has 0 saturated carbocycles. The Morgan fingerprint density at radius 3 is 2.15 bits per heavy atom. The van der Waals surface area contributed by atoms with E-state index in [4.69, 9.17) is 0 Å². The second-order valence-corrected chi connectivity index (χ2v) is 6.76. The number of benzene rings is 1. The first-order valence-electron chi connectivity index (χ1n) is 7.16. The molecule has 0 spiro atoms. The molecule has 1 atom stereocenters. The van der Waals surface area contributed by atoms with Gasteiger partial charge in [-0.3, -0.25) is 9.79 Å². The van der Waals surface area contributed by atoms with Crippen molar-refractivity contribution in [3.63, 3.8) is 0 Å². The molecule has 1 aliphatic rings. The van der Waals surface area contributed by atoms with Gasteiger partial charge in [0, 0.05) is 6.42 Å². The van der Waals surface area contributed by atoms with Crippen molar-refractivity contribution in [3.05, 3.63) is 34.4 Å². The molecule has 1 unspecified atom stereocenters. The predicted molar refractivity (Wildman–Crippen MR) is 83.4 cm³/mol. The van der Waals surface area contributed by atoms with Gasteiger partial charge in [0.05, 0.1) is 0 Å². The lowest BCUT2D eigenvalue weighted by molar-refractivity contribution is -0.119. The van der Waals surface area contributed by atoms with Gasteiger partial charge < -0.3 is 5.32 Å². The number of carbonyl (C=O) groups excluding carboxylic acids is 1. The summed E-state index contributed by atoms with van der Waals surface area (Å²) >= 11 is 0. The summed E-state index contributed by atoms with van der Waals surface area (Å²) < 4.78 is 0. The zero-order chi connectivity index (χ0) is 15.1. The summed E-state index contributed by atoms with van der Waals surface area (Å²) in [6, 6.07) is 4.26. The Hall–Kier alpha value is -1.64. The lowest BCUT2D eigenvalue weighted by Crippen LogP contribution is -2.28. The maximum atomic E-state index is 11.5. The van der Waals surface area contributed by atoms with E-state index in [-0.39, 0.29) is 17.4 Å². The number of amides is 1. The zero-order valence-electron chi connectivity index (χ0n) is 13.3. The molecule has 0 fully saturated rings. The normalized spacial score (nSPS) is 19.0. The third kappa shape index (κ3) is 2.92. The Morgan fingerprint density at radius 1 is 1.20 bits per heavy atom. The van der Waals surface area contributed by atoms with E-state index in [9.17, 15) is 4.79 Å². The number of nitrogens with one attached hydrogen (secondary N) is 1. The Kier molecular flexibility index (Phi) is 3.72. The molecule has 0 saturated heterocycles. The van der Waals surface area contributed by atoms with E-state index >= 15 is 0 Å². The molecule has 0 bridgehead atoms. The highest BCUT2D eigenvalue weighted by Gasteiger charge is 2.23. The fourth-order valence-corrected chi connectivity index (χ4v) is 2.53. The molecule has 20 heavy (non-hydrogen) atoms. The number of nitrogens with zero attached hydrogens (tertiary/aromatic N) is 1. The van der Waals surface area contributed by atoms with Crippen molar-refractivity contribution in [3.8, 4) is 0 Å². The van der Waals surface area contributed by atoms with E-state index in [1.54, 1.807) is 0 Å². The fraction of sp³-hybridized carbons (Fsp3) is 0.529. The van der Waals surface area contributed by atoms with E-state index in [0.717, 1.165) is 5.84 Å². The number of hydrogen-bond acceptors (Lipinski definition) is 2. The Morgan fingerprint density at radius 2 is 1.75 bits per heavy atom. The number of rotatable bonds is 2. The van der Waals surface area contributed by atoms with Crippen LogP contribution in [-0.4, -0.2) is 17.8 Å². The minimum absolute atomic E-state index is 0.00150. The summed E-state index contributed by atoms with van der Waals surface area (Å²) in [5.41, 5.74) is 5.31. The summed E-state index contributed by atoms with van der Waals surface area (Å²) in [5, 5.41) is 2.86. The monoisotopic (exact) mass is 272 g/mol. The minimum atomic E-state index is -0.250. The van der Waals surface area contributed by atoms with Crippen LogP contribution in [0.1, 0.15) is 49.9 Å². The van der Waals surface area contributed by atoms with Crippen LogP contribution in [0, 0.1) is 13.8 Å². The summed E-state index contributed by atoms with van der Waals surface area (Å²) in [4.78, 5) is 15.9. The van der Waals surface area contributed by atoms with Crippen molar-refractivity contribution >= 4 is 11.7 Å². The zero-order valence-corrected chi connectivity index (χ0v) is 13.3. The van der Waals surface area contributed by atoms with Gasteiger partial charge in [-0.2, -0.15) is 0 Å². The number of amidine groups is 1. The van der Waals surface area contributed by atoms with E-state index < -0.39 is 0 Å². The topological polar surface area (TPSA) is 41.5 Å². The molecule has 1 N–H and O–H groups in total. The van der Waals surface area contributed by atoms with Crippen molar-refractivity contribution < 1.29 is 4.79 Å². The molecular weight excluding hydrogens is 248 g/mol. The molecule has 0 aromatic heterocycles. The maximum absolute atomic E-state index is 11.5. The number of aliphatic imine (C=N–C) groups is 1. The molecule has 1 aromatic carbocycles. The molecule has 1 aliphatic heterocycles. The van der Waals surface area contributed by atoms with Gasteiger partial charge in [0.1, 0.15) is 11.9 Å². The average molecular weight is 272 g/mol. The third-order valence-electron chi connectivity index (χ3n) is 3.90. The summed E-state index contributed by atoms with van der Waals surface area (Å²) in [6.07, 6.45) is 0.707. The van der Waals surface area contributed by atoms with Gasteiger partial charge in [0.15, 0.2) is 0 Å². The largest absolute Gasteiger partial charge is 0.312 e. The van der Waals surface area contributed by atoms with Gasteiger partial charge in [0.2, 0.25) is 5.91 Å². The van der Waals surface area contributed by atoms with Crippen molar-refractivity contribution in [2.45, 2.75) is 59.4 Å². The minimum Gasteiger partial charge on any atom is -0.312 e. The van der Waals surface area contributed by atoms with Gasteiger partial charge in [0.25, 0.3) is 0 Å². The number of hydrogen-bond donors (Lipinski definition) is 1. The number of aryl methyl sites for hydroxylation is 2. The second kappa shape index (κ2) is 5.04. The van der Waals surface area contributed by atoms with Gasteiger partial charge in [-0.25, -0.2) is 0 Å². The lowest BCUT2D eigenvalue weighted by Gasteiger charge is -2.22. The van der Waals surface area contributed by atoms with Crippen molar-refractivity contribution in [1.82, 2.24) is 5.32 Å². The van der Waals surface area contributed by atoms with Crippen LogP contribution in [0.3, 0.4) is 0 Å². The van der Waals surface area contributed by atoms with Crippen LogP contribution in [0.25, 0.3) is 0 Å². The maximum Gasteiger partial charge on any atom is 0.249 e. The first kappa shape index (κ1) is 14.8. The average Bonchev–Trinajstić information content (AvgIpc) is 2.62. The van der Waals surface area contributed by atoms with E-state index in [0.29, 0.717) is 6.42 Å². The molecule has 108 valence electrons. The quantitative estimate of drug-likeness (QED) is 0.883. The standard InChI is InChI=1S/C17H24N2O/c1-10-7-13(17(4,5)6)8-11(2)14(10)9-15-18-12(3)16(20)19-15/h7-8,12H,9H2,1-6H3,(H,18,19,20). The lowest BCUT2D eigenvalue weighted by atomic mass is 9.83. The van der Waals surface area contributed by atoms with E-state index in [1.165, 1.54) is 22.3 Å². The highest BCUT2D eigenvalue weighted by Crippen LogP contribution is 2.27. The highest BCUT2D eigenvalue weighted by atomic mass is 16.2. The van der Waals surface area contributed by atoms with Crippen LogP contribution in [0.4, 0.5) is 0 Å². The third-order valence-corrected chi connectivity index (χ3v) is 3.90. The van der Waals surface area contributed by atoms with Gasteiger partial charge in [-0.05, 0) is 48.4 Å². The van der Waals surface area contributed by atoms with E-state index in [2.05, 4.69) is 57.1 Å². The smallest absolute Gasteiger partial charge is 0.249 e. The predicted octanol–water partition coefficient (Wildman–Crippen LogP) is 3.06. The first-order chi connectivity index (χ1) is 9.18. The molecule has 1 aromatic rings. The number of carbonyl (C=O) groups is 1. The second-order valence-electron chi connectivity index (χ2n) is 6.76. The summed E-state index contributed by atoms with van der Waals surface area (Å²) in [5.74, 6) is 0.791. The van der Waals surface area contributed by atoms with Crippen LogP contribution < -0.4 is 5.32 Å². The first-order valence-corrected chi connectivity index (χ1v) is 7.16. The molecular formula is C17H24N2O. The van der Waals surface area contributed by atoms with E-state index in [1.807, 2.05) is 6.92 Å². The molecule has 3 nitrogen and oxygen atoms in total. The van der Waals surface area contributed by atoms with Crippen molar-refractivity contribution in [2.24, 2.45) is 4.99 Å². The van der Waals surface area contributed by atoms with Gasteiger partial charge in [-0.1, -0.05) is 32.9 Å². The van der Waals surface area contributed by atoms with Gasteiger partial charge in [-0.15, -0.1) is 0 Å². The van der Waals surface area contributed by atoms with Crippen LogP contribution in [0.5, 0.6) is 0 Å². The summed E-state index contributed by atoms with van der Waals surface area (Å²) in [6.45, 7) is 12.8. The van der Waals surface area contributed by atoms with Crippen LogP contribution in [0.2, 0.25) is 0 Å². The highest BCUT2D eigenvalue weighted by molar-refractivity contribution is 6.06. The molecule has 1 heterocycles. The Bertz CT molecular complexity index is 556. The molecule has 0 aliphatic carbocycles. The van der Waals surface area contributed by atoms with Gasteiger partial charge >= 0.3 is 0 Å².